The van der Waals surface area contributed by atoms with Gasteiger partial charge < -0.3 is 15.2 Å². The second-order valence-electron chi connectivity index (χ2n) is 5.18. The normalized spacial score (nSPS) is 10.6. The Morgan fingerprint density at radius 2 is 1.54 bits per heavy atom. The van der Waals surface area contributed by atoms with Crippen molar-refractivity contribution in [3.05, 3.63) is 76.0 Å². The number of hydrogen-bond donors (Lipinski definition) is 1. The van der Waals surface area contributed by atoms with E-state index in [0.717, 1.165) is 11.6 Å². The van der Waals surface area contributed by atoms with E-state index in [-0.39, 0.29) is 6.61 Å². The van der Waals surface area contributed by atoms with Crippen molar-refractivity contribution in [1.29, 1.82) is 0 Å². The van der Waals surface area contributed by atoms with Crippen LogP contribution in [0.3, 0.4) is 0 Å². The number of benzene rings is 2. The first-order valence-corrected chi connectivity index (χ1v) is 8.15. The van der Waals surface area contributed by atoms with Gasteiger partial charge in [-0.2, -0.15) is 0 Å². The number of rotatable bonds is 6. The average molecular weight is 347 g/mol. The van der Waals surface area contributed by atoms with Crippen molar-refractivity contribution in [1.82, 2.24) is 0 Å². The molecular formula is C18H15F2NO2S. The minimum Gasteiger partial charge on any atom is -0.489 e. The highest BCUT2D eigenvalue weighted by molar-refractivity contribution is 7.08. The van der Waals surface area contributed by atoms with Gasteiger partial charge in [0.1, 0.15) is 36.3 Å². The summed E-state index contributed by atoms with van der Waals surface area (Å²) in [4.78, 5) is 0. The first-order chi connectivity index (χ1) is 11.6. The Hall–Kier alpha value is -2.60. The molecule has 0 atom stereocenters. The van der Waals surface area contributed by atoms with Crippen molar-refractivity contribution in [2.24, 2.45) is 0 Å². The molecule has 0 saturated carbocycles. The molecule has 3 nitrogen and oxygen atoms in total. The van der Waals surface area contributed by atoms with Crippen molar-refractivity contribution < 1.29 is 18.3 Å². The van der Waals surface area contributed by atoms with E-state index in [0.29, 0.717) is 29.4 Å². The third kappa shape index (κ3) is 4.23. The Morgan fingerprint density at radius 1 is 0.875 bits per heavy atom. The Kier molecular flexibility index (Phi) is 4.96. The summed E-state index contributed by atoms with van der Waals surface area (Å²) in [5, 5.41) is 3.80. The fourth-order valence-electron chi connectivity index (χ4n) is 2.13. The van der Waals surface area contributed by atoms with Crippen LogP contribution in [0, 0.1) is 11.6 Å². The first-order valence-electron chi connectivity index (χ1n) is 7.21. The zero-order chi connectivity index (χ0) is 16.9. The number of nitrogens with two attached hydrogens (primary N) is 1. The molecule has 0 aliphatic heterocycles. The lowest BCUT2D eigenvalue weighted by atomic mass is 10.2. The van der Waals surface area contributed by atoms with Gasteiger partial charge in [0.05, 0.1) is 0 Å². The SMILES string of the molecule is Nc1cscc1COc1cccc(OCc2cc(F)cc(F)c2)c1. The van der Waals surface area contributed by atoms with E-state index in [1.807, 2.05) is 10.8 Å². The molecule has 2 N–H and O–H groups in total. The molecule has 0 saturated heterocycles. The van der Waals surface area contributed by atoms with Crippen LogP contribution in [0.15, 0.2) is 53.2 Å². The molecule has 124 valence electrons. The molecule has 6 heteroatoms. The lowest BCUT2D eigenvalue weighted by Gasteiger charge is -2.10. The van der Waals surface area contributed by atoms with Crippen molar-refractivity contribution in [3.63, 3.8) is 0 Å². The van der Waals surface area contributed by atoms with Gasteiger partial charge in [0.25, 0.3) is 0 Å². The average Bonchev–Trinajstić information content (AvgIpc) is 2.96. The molecule has 0 amide bonds. The summed E-state index contributed by atoms with van der Waals surface area (Å²) in [7, 11) is 0. The number of halogens is 2. The molecule has 0 radical (unpaired) electrons. The largest absolute Gasteiger partial charge is 0.489 e. The van der Waals surface area contributed by atoms with Gasteiger partial charge in [-0.3, -0.25) is 0 Å². The molecule has 0 aliphatic rings. The molecule has 0 bridgehead atoms. The predicted octanol–water partition coefficient (Wildman–Crippen LogP) is 4.77. The molecule has 0 aliphatic carbocycles. The zero-order valence-electron chi connectivity index (χ0n) is 12.7. The Bertz CT molecular complexity index is 815. The van der Waals surface area contributed by atoms with Crippen LogP contribution < -0.4 is 15.2 Å². The van der Waals surface area contributed by atoms with Crippen molar-refractivity contribution in [3.8, 4) is 11.5 Å². The molecule has 2 aromatic carbocycles. The second kappa shape index (κ2) is 7.31. The Balaban J connectivity index is 1.61. The number of anilines is 1. The van der Waals surface area contributed by atoms with Gasteiger partial charge in [-0.05, 0) is 35.2 Å². The summed E-state index contributed by atoms with van der Waals surface area (Å²) in [5.74, 6) is -0.0722. The number of hydrogen-bond acceptors (Lipinski definition) is 4. The highest BCUT2D eigenvalue weighted by atomic mass is 32.1. The van der Waals surface area contributed by atoms with E-state index in [4.69, 9.17) is 15.2 Å². The number of thiophene rings is 1. The van der Waals surface area contributed by atoms with Gasteiger partial charge in [-0.1, -0.05) is 6.07 Å². The minimum atomic E-state index is -0.626. The first kappa shape index (κ1) is 16.3. The molecule has 3 rings (SSSR count). The fraction of sp³-hybridized carbons (Fsp3) is 0.111. The van der Waals surface area contributed by atoms with Crippen LogP contribution in [-0.4, -0.2) is 0 Å². The highest BCUT2D eigenvalue weighted by Crippen LogP contribution is 2.24. The molecular weight excluding hydrogens is 332 g/mol. The van der Waals surface area contributed by atoms with Crippen molar-refractivity contribution >= 4 is 17.0 Å². The van der Waals surface area contributed by atoms with E-state index in [1.54, 1.807) is 24.3 Å². The number of ether oxygens (including phenoxy) is 2. The smallest absolute Gasteiger partial charge is 0.126 e. The Labute approximate surface area is 142 Å². The summed E-state index contributed by atoms with van der Waals surface area (Å²) in [6, 6.07) is 10.4. The van der Waals surface area contributed by atoms with Crippen molar-refractivity contribution in [2.45, 2.75) is 13.2 Å². The topological polar surface area (TPSA) is 44.5 Å². The van der Waals surface area contributed by atoms with Crippen LogP contribution in [0.2, 0.25) is 0 Å². The van der Waals surface area contributed by atoms with E-state index in [1.165, 1.54) is 23.5 Å². The fourth-order valence-corrected chi connectivity index (χ4v) is 2.86. The maximum atomic E-state index is 13.2. The van der Waals surface area contributed by atoms with Gasteiger partial charge in [0.2, 0.25) is 0 Å². The quantitative estimate of drug-likeness (QED) is 0.699. The third-order valence-electron chi connectivity index (χ3n) is 3.30. The summed E-state index contributed by atoms with van der Waals surface area (Å²) >= 11 is 1.52. The zero-order valence-corrected chi connectivity index (χ0v) is 13.5. The molecule has 0 fully saturated rings. The standard InChI is InChI=1S/C18H15F2NO2S/c19-14-4-12(5-15(20)6-14)8-22-16-2-1-3-17(7-16)23-9-13-10-24-11-18(13)21/h1-7,10-11H,8-9,21H2. The van der Waals surface area contributed by atoms with E-state index in [9.17, 15) is 8.78 Å². The van der Waals surface area contributed by atoms with Gasteiger partial charge in [-0.25, -0.2) is 8.78 Å². The predicted molar refractivity (Wildman–Crippen MR) is 90.2 cm³/mol. The number of nitrogen functional groups attached to an aromatic ring is 1. The van der Waals surface area contributed by atoms with Crippen LogP contribution in [0.4, 0.5) is 14.5 Å². The van der Waals surface area contributed by atoms with Gasteiger partial charge >= 0.3 is 0 Å². The van der Waals surface area contributed by atoms with E-state index >= 15 is 0 Å². The van der Waals surface area contributed by atoms with Crippen molar-refractivity contribution in [2.75, 3.05) is 5.73 Å². The second-order valence-corrected chi connectivity index (χ2v) is 5.93. The monoisotopic (exact) mass is 347 g/mol. The molecule has 0 spiro atoms. The molecule has 0 unspecified atom stereocenters. The lowest BCUT2D eigenvalue weighted by molar-refractivity contribution is 0.290. The summed E-state index contributed by atoms with van der Waals surface area (Å²) < 4.78 is 37.6. The van der Waals surface area contributed by atoms with Gasteiger partial charge in [0, 0.05) is 28.8 Å². The van der Waals surface area contributed by atoms with Crippen LogP contribution in [0.5, 0.6) is 11.5 Å². The highest BCUT2D eigenvalue weighted by Gasteiger charge is 2.04. The summed E-state index contributed by atoms with van der Waals surface area (Å²) in [5.41, 5.74) is 7.88. The van der Waals surface area contributed by atoms with Crippen LogP contribution in [0.1, 0.15) is 11.1 Å². The molecule has 24 heavy (non-hydrogen) atoms. The minimum absolute atomic E-state index is 0.0651. The maximum absolute atomic E-state index is 13.2. The van der Waals surface area contributed by atoms with Crippen LogP contribution in [-0.2, 0) is 13.2 Å². The van der Waals surface area contributed by atoms with E-state index < -0.39 is 11.6 Å². The Morgan fingerprint density at radius 3 is 2.17 bits per heavy atom. The maximum Gasteiger partial charge on any atom is 0.126 e. The van der Waals surface area contributed by atoms with E-state index in [2.05, 4.69) is 0 Å². The van der Waals surface area contributed by atoms with Crippen LogP contribution in [0.25, 0.3) is 0 Å². The van der Waals surface area contributed by atoms with Gasteiger partial charge in [-0.15, -0.1) is 11.3 Å². The molecule has 3 aromatic rings. The lowest BCUT2D eigenvalue weighted by Crippen LogP contribution is -1.99. The van der Waals surface area contributed by atoms with Gasteiger partial charge in [0.15, 0.2) is 0 Å². The summed E-state index contributed by atoms with van der Waals surface area (Å²) in [6.45, 7) is 0.434. The molecule has 1 aromatic heterocycles. The van der Waals surface area contributed by atoms with Crippen LogP contribution >= 0.6 is 11.3 Å². The molecule has 1 heterocycles. The third-order valence-corrected chi connectivity index (χ3v) is 4.11. The summed E-state index contributed by atoms with van der Waals surface area (Å²) in [6.07, 6.45) is 0.